The second kappa shape index (κ2) is 7.11. The average Bonchev–Trinajstić information content (AvgIpc) is 3.11. The molecule has 4 rings (SSSR count). The van der Waals surface area contributed by atoms with Crippen LogP contribution in [0.15, 0.2) is 42.5 Å². The van der Waals surface area contributed by atoms with Crippen LogP contribution in [0.3, 0.4) is 0 Å². The van der Waals surface area contributed by atoms with Crippen LogP contribution in [-0.4, -0.2) is 33.1 Å². The molecule has 5 heteroatoms. The standard InChI is InChI=1S/C19H22N2O3/c1-4-17(21-7-9-22-10-8-21)5-2-15(1)12-20-13-16-3-6-18-19(11-16)24-14-23-18/h1-6,11,20H,7-10,12-14H2. The first-order valence-electron chi connectivity index (χ1n) is 8.39. The third kappa shape index (κ3) is 3.47. The average molecular weight is 326 g/mol. The summed E-state index contributed by atoms with van der Waals surface area (Å²) < 4.78 is 16.1. The van der Waals surface area contributed by atoms with Gasteiger partial charge in [0.25, 0.3) is 0 Å². The van der Waals surface area contributed by atoms with Crippen LogP contribution in [0.2, 0.25) is 0 Å². The molecule has 24 heavy (non-hydrogen) atoms. The highest BCUT2D eigenvalue weighted by Gasteiger charge is 2.13. The maximum Gasteiger partial charge on any atom is 0.231 e. The number of rotatable bonds is 5. The van der Waals surface area contributed by atoms with Crippen molar-refractivity contribution < 1.29 is 14.2 Å². The molecule has 126 valence electrons. The van der Waals surface area contributed by atoms with Crippen molar-refractivity contribution in [1.82, 2.24) is 5.32 Å². The summed E-state index contributed by atoms with van der Waals surface area (Å²) in [6, 6.07) is 14.9. The maximum atomic E-state index is 5.41. The maximum absolute atomic E-state index is 5.41. The van der Waals surface area contributed by atoms with Crippen LogP contribution < -0.4 is 19.7 Å². The lowest BCUT2D eigenvalue weighted by Crippen LogP contribution is -2.36. The fourth-order valence-corrected chi connectivity index (χ4v) is 3.05. The van der Waals surface area contributed by atoms with E-state index in [4.69, 9.17) is 14.2 Å². The van der Waals surface area contributed by atoms with Crippen molar-refractivity contribution in [3.05, 3.63) is 53.6 Å². The molecule has 2 aliphatic heterocycles. The van der Waals surface area contributed by atoms with Crippen molar-refractivity contribution in [3.63, 3.8) is 0 Å². The van der Waals surface area contributed by atoms with Gasteiger partial charge in [-0.3, -0.25) is 0 Å². The Balaban J connectivity index is 1.29. The number of anilines is 1. The van der Waals surface area contributed by atoms with E-state index >= 15 is 0 Å². The minimum absolute atomic E-state index is 0.321. The summed E-state index contributed by atoms with van der Waals surface area (Å²) in [5.41, 5.74) is 3.76. The highest BCUT2D eigenvalue weighted by molar-refractivity contribution is 5.48. The first kappa shape index (κ1) is 15.3. The fourth-order valence-electron chi connectivity index (χ4n) is 3.05. The van der Waals surface area contributed by atoms with Crippen molar-refractivity contribution >= 4 is 5.69 Å². The first-order chi connectivity index (χ1) is 11.9. The number of morpholine rings is 1. The predicted octanol–water partition coefficient (Wildman–Crippen LogP) is 2.54. The minimum Gasteiger partial charge on any atom is -0.454 e. The van der Waals surface area contributed by atoms with Crippen LogP contribution in [0.5, 0.6) is 11.5 Å². The zero-order chi connectivity index (χ0) is 16.2. The molecule has 0 spiro atoms. The Labute approximate surface area is 142 Å². The summed E-state index contributed by atoms with van der Waals surface area (Å²) in [5, 5.41) is 3.48. The smallest absolute Gasteiger partial charge is 0.231 e. The lowest BCUT2D eigenvalue weighted by Gasteiger charge is -2.28. The molecule has 0 amide bonds. The van der Waals surface area contributed by atoms with E-state index in [1.54, 1.807) is 0 Å². The zero-order valence-corrected chi connectivity index (χ0v) is 13.7. The van der Waals surface area contributed by atoms with Gasteiger partial charge in [0.2, 0.25) is 6.79 Å². The molecule has 0 aliphatic carbocycles. The molecule has 1 fully saturated rings. The molecule has 0 saturated carbocycles. The van der Waals surface area contributed by atoms with Crippen LogP contribution in [0.4, 0.5) is 5.69 Å². The van der Waals surface area contributed by atoms with Crippen LogP contribution in [-0.2, 0) is 17.8 Å². The molecule has 1 saturated heterocycles. The van der Waals surface area contributed by atoms with Crippen molar-refractivity contribution in [2.75, 3.05) is 38.0 Å². The molecule has 5 nitrogen and oxygen atoms in total. The Hall–Kier alpha value is -2.24. The molecule has 0 radical (unpaired) electrons. The van der Waals surface area contributed by atoms with E-state index in [0.717, 1.165) is 50.9 Å². The molecule has 1 N–H and O–H groups in total. The van der Waals surface area contributed by atoms with Gasteiger partial charge in [0.05, 0.1) is 13.2 Å². The topological polar surface area (TPSA) is 43.0 Å². The first-order valence-corrected chi connectivity index (χ1v) is 8.39. The number of hydrogen-bond acceptors (Lipinski definition) is 5. The molecule has 2 aromatic carbocycles. The Kier molecular flexibility index (Phi) is 4.53. The minimum atomic E-state index is 0.321. The van der Waals surface area contributed by atoms with Crippen molar-refractivity contribution in [2.45, 2.75) is 13.1 Å². The molecule has 2 aliphatic rings. The van der Waals surface area contributed by atoms with Gasteiger partial charge in [-0.1, -0.05) is 18.2 Å². The third-order valence-corrected chi connectivity index (χ3v) is 4.41. The Morgan fingerprint density at radius 1 is 0.833 bits per heavy atom. The van der Waals surface area contributed by atoms with Crippen LogP contribution in [0, 0.1) is 0 Å². The van der Waals surface area contributed by atoms with E-state index in [0.29, 0.717) is 6.79 Å². The molecule has 0 bridgehead atoms. The monoisotopic (exact) mass is 326 g/mol. The molecule has 2 aromatic rings. The van der Waals surface area contributed by atoms with Crippen LogP contribution in [0.25, 0.3) is 0 Å². The van der Waals surface area contributed by atoms with Crippen molar-refractivity contribution in [2.24, 2.45) is 0 Å². The van der Waals surface area contributed by atoms with Crippen LogP contribution >= 0.6 is 0 Å². The number of nitrogens with one attached hydrogen (secondary N) is 1. The zero-order valence-electron chi connectivity index (χ0n) is 13.7. The van der Waals surface area contributed by atoms with Gasteiger partial charge < -0.3 is 24.4 Å². The van der Waals surface area contributed by atoms with E-state index in [1.807, 2.05) is 12.1 Å². The Morgan fingerprint density at radius 2 is 1.54 bits per heavy atom. The second-order valence-electron chi connectivity index (χ2n) is 6.06. The molecular weight excluding hydrogens is 304 g/mol. The number of fused-ring (bicyclic) bond motifs is 1. The molecule has 0 atom stereocenters. The van der Waals surface area contributed by atoms with Gasteiger partial charge in [0.1, 0.15) is 0 Å². The highest BCUT2D eigenvalue weighted by Crippen LogP contribution is 2.32. The predicted molar refractivity (Wildman–Crippen MR) is 92.6 cm³/mol. The normalized spacial score (nSPS) is 16.4. The fraction of sp³-hybridized carbons (Fsp3) is 0.368. The van der Waals surface area contributed by atoms with Crippen molar-refractivity contribution in [1.29, 1.82) is 0 Å². The molecule has 0 aromatic heterocycles. The lowest BCUT2D eigenvalue weighted by atomic mass is 10.1. The van der Waals surface area contributed by atoms with E-state index in [9.17, 15) is 0 Å². The second-order valence-corrected chi connectivity index (χ2v) is 6.06. The quantitative estimate of drug-likeness (QED) is 0.915. The van der Waals surface area contributed by atoms with E-state index in [2.05, 4.69) is 40.5 Å². The summed E-state index contributed by atoms with van der Waals surface area (Å²) in [7, 11) is 0. The number of nitrogens with zero attached hydrogens (tertiary/aromatic N) is 1. The summed E-state index contributed by atoms with van der Waals surface area (Å²) >= 11 is 0. The molecular formula is C19H22N2O3. The van der Waals surface area contributed by atoms with Crippen LogP contribution in [0.1, 0.15) is 11.1 Å². The van der Waals surface area contributed by atoms with Gasteiger partial charge in [-0.05, 0) is 35.4 Å². The Bertz CT molecular complexity index is 682. The molecule has 2 heterocycles. The summed E-state index contributed by atoms with van der Waals surface area (Å²) in [4.78, 5) is 2.37. The largest absolute Gasteiger partial charge is 0.454 e. The van der Waals surface area contributed by atoms with Gasteiger partial charge in [0.15, 0.2) is 11.5 Å². The lowest BCUT2D eigenvalue weighted by molar-refractivity contribution is 0.122. The summed E-state index contributed by atoms with van der Waals surface area (Å²) in [6.07, 6.45) is 0. The van der Waals surface area contributed by atoms with E-state index in [1.165, 1.54) is 16.8 Å². The van der Waals surface area contributed by atoms with E-state index < -0.39 is 0 Å². The summed E-state index contributed by atoms with van der Waals surface area (Å²) in [5.74, 6) is 1.67. The number of hydrogen-bond donors (Lipinski definition) is 1. The Morgan fingerprint density at radius 3 is 2.38 bits per heavy atom. The number of ether oxygens (including phenoxy) is 3. The number of benzene rings is 2. The van der Waals surface area contributed by atoms with Gasteiger partial charge in [-0.2, -0.15) is 0 Å². The van der Waals surface area contributed by atoms with Gasteiger partial charge in [0, 0.05) is 31.9 Å². The third-order valence-electron chi connectivity index (χ3n) is 4.41. The summed E-state index contributed by atoms with van der Waals surface area (Å²) in [6.45, 7) is 5.56. The van der Waals surface area contributed by atoms with Gasteiger partial charge in [-0.15, -0.1) is 0 Å². The highest BCUT2D eigenvalue weighted by atomic mass is 16.7. The molecule has 0 unspecified atom stereocenters. The van der Waals surface area contributed by atoms with Gasteiger partial charge in [-0.25, -0.2) is 0 Å². The van der Waals surface area contributed by atoms with Gasteiger partial charge >= 0.3 is 0 Å². The van der Waals surface area contributed by atoms with Crippen molar-refractivity contribution in [3.8, 4) is 11.5 Å². The van der Waals surface area contributed by atoms with E-state index in [-0.39, 0.29) is 0 Å². The SMILES string of the molecule is c1cc(N2CCOCC2)ccc1CNCc1ccc2c(c1)OCO2.